The number of nitrogens with one attached hydrogen (secondary N) is 1. The molecule has 6 heteroatoms. The molecule has 1 aliphatic carbocycles. The van der Waals surface area contributed by atoms with Crippen molar-refractivity contribution >= 4 is 11.9 Å². The molecule has 0 bridgehead atoms. The van der Waals surface area contributed by atoms with Crippen LogP contribution in [0, 0.1) is 0 Å². The monoisotopic (exact) mass is 374 g/mol. The Hall–Kier alpha value is -2.08. The first-order valence-electron chi connectivity index (χ1n) is 10.0. The third kappa shape index (κ3) is 5.70. The summed E-state index contributed by atoms with van der Waals surface area (Å²) in [6, 6.07) is 7.25. The minimum Gasteiger partial charge on any atom is -0.482 e. The molecule has 2 fully saturated rings. The molecular formula is C21H30N2O4. The zero-order valence-electron chi connectivity index (χ0n) is 16.1. The van der Waals surface area contributed by atoms with E-state index in [-0.39, 0.29) is 30.6 Å². The number of hydrogen-bond acceptors (Lipinski definition) is 5. The number of piperidine rings is 1. The first kappa shape index (κ1) is 19.7. The topological polar surface area (TPSA) is 67.9 Å². The number of hydrogen-bond donors (Lipinski definition) is 1. The van der Waals surface area contributed by atoms with Crippen molar-refractivity contribution in [3.63, 3.8) is 0 Å². The highest BCUT2D eigenvalue weighted by Gasteiger charge is 2.23. The highest BCUT2D eigenvalue weighted by atomic mass is 16.6. The van der Waals surface area contributed by atoms with Crippen LogP contribution in [0.3, 0.4) is 0 Å². The van der Waals surface area contributed by atoms with Crippen molar-refractivity contribution in [3.8, 4) is 5.75 Å². The normalized spacial score (nSPS) is 18.7. The van der Waals surface area contributed by atoms with E-state index < -0.39 is 0 Å². The zero-order valence-corrected chi connectivity index (χ0v) is 16.1. The molecular weight excluding hydrogens is 344 g/mol. The van der Waals surface area contributed by atoms with E-state index >= 15 is 0 Å². The number of carbonyl (C=O) groups is 2. The Labute approximate surface area is 161 Å². The minimum absolute atomic E-state index is 0.0187. The van der Waals surface area contributed by atoms with E-state index in [1.807, 2.05) is 11.9 Å². The molecule has 0 aromatic heterocycles. The molecule has 0 spiro atoms. The molecule has 148 valence electrons. The fourth-order valence-corrected chi connectivity index (χ4v) is 3.80. The molecule has 1 aliphatic heterocycles. The number of benzene rings is 1. The quantitative estimate of drug-likeness (QED) is 0.776. The molecule has 1 aromatic carbocycles. The summed E-state index contributed by atoms with van der Waals surface area (Å²) in [6.07, 6.45) is 7.38. The van der Waals surface area contributed by atoms with E-state index in [2.05, 4.69) is 5.32 Å². The van der Waals surface area contributed by atoms with Gasteiger partial charge in [-0.3, -0.25) is 4.79 Å². The van der Waals surface area contributed by atoms with Gasteiger partial charge in [0, 0.05) is 18.7 Å². The summed E-state index contributed by atoms with van der Waals surface area (Å²) in [7, 11) is 1.87. The smallest absolute Gasteiger partial charge is 0.344 e. The summed E-state index contributed by atoms with van der Waals surface area (Å²) in [5.41, 5.74) is 0.633. The summed E-state index contributed by atoms with van der Waals surface area (Å²) in [4.78, 5) is 26.4. The fourth-order valence-electron chi connectivity index (χ4n) is 3.80. The van der Waals surface area contributed by atoms with Gasteiger partial charge in [0.15, 0.2) is 6.61 Å². The summed E-state index contributed by atoms with van der Waals surface area (Å²) in [5, 5.41) is 3.31. The largest absolute Gasteiger partial charge is 0.482 e. The SMILES string of the molecule is CN(C(=O)c1ccc(OCC(=O)OC2CCCCC2)cc1)C1CCNCC1. The Balaban J connectivity index is 1.46. The maximum absolute atomic E-state index is 12.6. The van der Waals surface area contributed by atoms with Crippen molar-refractivity contribution in [2.75, 3.05) is 26.7 Å². The van der Waals surface area contributed by atoms with Gasteiger partial charge in [-0.15, -0.1) is 0 Å². The second-order valence-electron chi connectivity index (χ2n) is 7.46. The number of nitrogens with zero attached hydrogens (tertiary/aromatic N) is 1. The van der Waals surface area contributed by atoms with Gasteiger partial charge in [0.1, 0.15) is 11.9 Å². The van der Waals surface area contributed by atoms with Crippen LogP contribution in [0.5, 0.6) is 5.75 Å². The molecule has 1 saturated carbocycles. The molecule has 0 unspecified atom stereocenters. The Bertz CT molecular complexity index is 620. The third-order valence-corrected chi connectivity index (χ3v) is 5.49. The standard InChI is InChI=1S/C21H30N2O4/c1-23(17-11-13-22-14-12-17)21(25)16-7-9-18(10-8-16)26-15-20(24)27-19-5-3-2-4-6-19/h7-10,17,19,22H,2-6,11-15H2,1H3. The van der Waals surface area contributed by atoms with Gasteiger partial charge in [0.2, 0.25) is 0 Å². The predicted octanol–water partition coefficient (Wildman–Crippen LogP) is 2.77. The molecule has 1 heterocycles. The fraction of sp³-hybridized carbons (Fsp3) is 0.619. The van der Waals surface area contributed by atoms with E-state index in [4.69, 9.17) is 9.47 Å². The maximum atomic E-state index is 12.6. The van der Waals surface area contributed by atoms with E-state index in [0.29, 0.717) is 11.3 Å². The number of amides is 1. The van der Waals surface area contributed by atoms with Crippen LogP contribution < -0.4 is 10.1 Å². The lowest BCUT2D eigenvalue weighted by atomic mass is 9.98. The zero-order chi connectivity index (χ0) is 19.1. The van der Waals surface area contributed by atoms with E-state index in [1.54, 1.807) is 24.3 Å². The Morgan fingerprint density at radius 2 is 1.70 bits per heavy atom. The summed E-state index contributed by atoms with van der Waals surface area (Å²) >= 11 is 0. The first-order chi connectivity index (χ1) is 13.1. The molecule has 0 radical (unpaired) electrons. The molecule has 1 amide bonds. The van der Waals surface area contributed by atoms with Gasteiger partial charge in [0.05, 0.1) is 0 Å². The summed E-state index contributed by atoms with van der Waals surface area (Å²) in [6.45, 7) is 1.80. The Morgan fingerprint density at radius 1 is 1.04 bits per heavy atom. The lowest BCUT2D eigenvalue weighted by molar-refractivity contribution is -0.152. The van der Waals surface area contributed by atoms with Crippen LogP contribution in [0.1, 0.15) is 55.3 Å². The van der Waals surface area contributed by atoms with E-state index in [0.717, 1.165) is 51.6 Å². The maximum Gasteiger partial charge on any atom is 0.344 e. The van der Waals surface area contributed by atoms with Crippen molar-refractivity contribution in [1.29, 1.82) is 0 Å². The van der Waals surface area contributed by atoms with Gasteiger partial charge in [0.25, 0.3) is 5.91 Å². The van der Waals surface area contributed by atoms with Crippen LogP contribution in [-0.4, -0.2) is 55.7 Å². The van der Waals surface area contributed by atoms with Gasteiger partial charge < -0.3 is 19.7 Å². The highest BCUT2D eigenvalue weighted by Crippen LogP contribution is 2.21. The molecule has 2 aliphatic rings. The molecule has 6 nitrogen and oxygen atoms in total. The average Bonchev–Trinajstić information content (AvgIpc) is 2.73. The number of ether oxygens (including phenoxy) is 2. The van der Waals surface area contributed by atoms with Gasteiger partial charge in [-0.2, -0.15) is 0 Å². The van der Waals surface area contributed by atoms with Gasteiger partial charge in [-0.05, 0) is 75.9 Å². The van der Waals surface area contributed by atoms with Crippen LogP contribution in [0.4, 0.5) is 0 Å². The van der Waals surface area contributed by atoms with Gasteiger partial charge >= 0.3 is 5.97 Å². The second-order valence-corrected chi connectivity index (χ2v) is 7.46. The van der Waals surface area contributed by atoms with Crippen LogP contribution >= 0.6 is 0 Å². The molecule has 27 heavy (non-hydrogen) atoms. The van der Waals surface area contributed by atoms with Gasteiger partial charge in [-0.1, -0.05) is 6.42 Å². The van der Waals surface area contributed by atoms with Crippen molar-refractivity contribution in [1.82, 2.24) is 10.2 Å². The van der Waals surface area contributed by atoms with Crippen molar-refractivity contribution in [2.24, 2.45) is 0 Å². The minimum atomic E-state index is -0.326. The number of esters is 1. The summed E-state index contributed by atoms with van der Waals surface area (Å²) in [5.74, 6) is 0.259. The summed E-state index contributed by atoms with van der Waals surface area (Å²) < 4.78 is 11.0. The molecule has 1 N–H and O–H groups in total. The Kier molecular flexibility index (Phi) is 7.10. The average molecular weight is 374 g/mol. The van der Waals surface area contributed by atoms with Crippen molar-refractivity contribution in [2.45, 2.75) is 57.1 Å². The predicted molar refractivity (Wildman–Crippen MR) is 103 cm³/mol. The van der Waals surface area contributed by atoms with Crippen molar-refractivity contribution < 1.29 is 19.1 Å². The van der Waals surface area contributed by atoms with Crippen LogP contribution in [-0.2, 0) is 9.53 Å². The van der Waals surface area contributed by atoms with E-state index in [1.165, 1.54) is 6.42 Å². The van der Waals surface area contributed by atoms with Crippen molar-refractivity contribution in [3.05, 3.63) is 29.8 Å². The first-order valence-corrected chi connectivity index (χ1v) is 10.0. The Morgan fingerprint density at radius 3 is 2.37 bits per heavy atom. The highest BCUT2D eigenvalue weighted by molar-refractivity contribution is 5.94. The van der Waals surface area contributed by atoms with Gasteiger partial charge in [-0.25, -0.2) is 4.79 Å². The number of carbonyl (C=O) groups excluding carboxylic acids is 2. The second kappa shape index (κ2) is 9.74. The van der Waals surface area contributed by atoms with E-state index in [9.17, 15) is 9.59 Å². The molecule has 3 rings (SSSR count). The van der Waals surface area contributed by atoms with Crippen LogP contribution in [0.2, 0.25) is 0 Å². The van der Waals surface area contributed by atoms with Crippen LogP contribution in [0.25, 0.3) is 0 Å². The molecule has 0 atom stereocenters. The third-order valence-electron chi connectivity index (χ3n) is 5.49. The molecule has 1 aromatic rings. The molecule has 1 saturated heterocycles. The lowest BCUT2D eigenvalue weighted by Crippen LogP contribution is -2.43. The number of rotatable bonds is 6. The lowest BCUT2D eigenvalue weighted by Gasteiger charge is -2.31. The van der Waals surface area contributed by atoms with Crippen LogP contribution in [0.15, 0.2) is 24.3 Å².